The molecule has 94 valence electrons. The van der Waals surface area contributed by atoms with Crippen molar-refractivity contribution in [2.45, 2.75) is 27.2 Å². The lowest BCUT2D eigenvalue weighted by Gasteiger charge is -2.12. The molecular formula is C15H17ClN2. The fourth-order valence-electron chi connectivity index (χ4n) is 2.31. The number of hydrogen-bond acceptors (Lipinski definition) is 2. The monoisotopic (exact) mass is 260 g/mol. The molecule has 2 aromatic rings. The third-order valence-corrected chi connectivity index (χ3v) is 3.38. The standard InChI is InChI=1S/C15H17ClN2/c1-9-4-10(2)14(11(3)5-9)7-12-6-13(16)8-18-15(12)17/h4-6,8H,7H2,1-3H3,(H2,17,18). The van der Waals surface area contributed by atoms with E-state index in [0.29, 0.717) is 10.8 Å². The smallest absolute Gasteiger partial charge is 0.126 e. The number of aromatic nitrogens is 1. The second-order valence-corrected chi connectivity index (χ2v) is 5.19. The second kappa shape index (κ2) is 4.99. The van der Waals surface area contributed by atoms with Crippen LogP contribution < -0.4 is 5.73 Å². The number of halogens is 1. The van der Waals surface area contributed by atoms with E-state index in [1.807, 2.05) is 6.07 Å². The van der Waals surface area contributed by atoms with Crippen LogP contribution in [0.3, 0.4) is 0 Å². The predicted molar refractivity (Wildman–Crippen MR) is 77.1 cm³/mol. The van der Waals surface area contributed by atoms with E-state index in [-0.39, 0.29) is 0 Å². The molecule has 1 heterocycles. The largest absolute Gasteiger partial charge is 0.383 e. The summed E-state index contributed by atoms with van der Waals surface area (Å²) in [4.78, 5) is 4.10. The number of nitrogen functional groups attached to an aromatic ring is 1. The van der Waals surface area contributed by atoms with Crippen molar-refractivity contribution in [3.63, 3.8) is 0 Å². The summed E-state index contributed by atoms with van der Waals surface area (Å²) in [5.74, 6) is 0.554. The molecule has 0 bridgehead atoms. The van der Waals surface area contributed by atoms with E-state index in [1.165, 1.54) is 22.3 Å². The summed E-state index contributed by atoms with van der Waals surface area (Å²) in [6, 6.07) is 6.27. The molecular weight excluding hydrogens is 244 g/mol. The minimum Gasteiger partial charge on any atom is -0.383 e. The molecule has 1 aromatic heterocycles. The Labute approximate surface area is 113 Å². The first kappa shape index (κ1) is 12.9. The van der Waals surface area contributed by atoms with E-state index in [9.17, 15) is 0 Å². The number of nitrogens with zero attached hydrogens (tertiary/aromatic N) is 1. The van der Waals surface area contributed by atoms with Crippen molar-refractivity contribution < 1.29 is 0 Å². The lowest BCUT2D eigenvalue weighted by Crippen LogP contribution is -2.02. The highest BCUT2D eigenvalue weighted by Crippen LogP contribution is 2.23. The summed E-state index contributed by atoms with van der Waals surface area (Å²) in [5.41, 5.74) is 12.0. The zero-order valence-electron chi connectivity index (χ0n) is 10.9. The molecule has 2 rings (SSSR count). The first-order valence-electron chi connectivity index (χ1n) is 5.94. The van der Waals surface area contributed by atoms with Gasteiger partial charge in [0.25, 0.3) is 0 Å². The summed E-state index contributed by atoms with van der Waals surface area (Å²) in [5, 5.41) is 0.626. The third kappa shape index (κ3) is 2.65. The van der Waals surface area contributed by atoms with E-state index in [0.717, 1.165) is 12.0 Å². The van der Waals surface area contributed by atoms with Crippen LogP contribution in [0.15, 0.2) is 24.4 Å². The van der Waals surface area contributed by atoms with E-state index in [4.69, 9.17) is 17.3 Å². The van der Waals surface area contributed by atoms with Gasteiger partial charge in [-0.25, -0.2) is 4.98 Å². The Bertz CT molecular complexity index is 568. The summed E-state index contributed by atoms with van der Waals surface area (Å²) >= 11 is 5.97. The Kier molecular flexibility index (Phi) is 3.58. The number of pyridine rings is 1. The number of benzene rings is 1. The number of hydrogen-bond donors (Lipinski definition) is 1. The SMILES string of the molecule is Cc1cc(C)c(Cc2cc(Cl)cnc2N)c(C)c1. The highest BCUT2D eigenvalue weighted by Gasteiger charge is 2.08. The first-order valence-corrected chi connectivity index (χ1v) is 6.32. The average molecular weight is 261 g/mol. The van der Waals surface area contributed by atoms with Gasteiger partial charge in [-0.3, -0.25) is 0 Å². The Hall–Kier alpha value is -1.54. The van der Waals surface area contributed by atoms with Crippen LogP contribution in [-0.2, 0) is 6.42 Å². The van der Waals surface area contributed by atoms with Gasteiger partial charge in [0.1, 0.15) is 5.82 Å². The van der Waals surface area contributed by atoms with E-state index in [2.05, 4.69) is 37.9 Å². The van der Waals surface area contributed by atoms with Crippen LogP contribution in [0.2, 0.25) is 5.02 Å². The van der Waals surface area contributed by atoms with Gasteiger partial charge in [0.2, 0.25) is 0 Å². The quantitative estimate of drug-likeness (QED) is 0.891. The van der Waals surface area contributed by atoms with Crippen molar-refractivity contribution in [1.29, 1.82) is 0 Å². The number of nitrogens with two attached hydrogens (primary N) is 1. The molecule has 0 aliphatic carbocycles. The molecule has 1 aromatic carbocycles. The van der Waals surface area contributed by atoms with Crippen LogP contribution >= 0.6 is 11.6 Å². The van der Waals surface area contributed by atoms with Crippen LogP contribution in [0.1, 0.15) is 27.8 Å². The maximum absolute atomic E-state index is 5.97. The van der Waals surface area contributed by atoms with Crippen molar-refractivity contribution in [2.24, 2.45) is 0 Å². The zero-order chi connectivity index (χ0) is 13.3. The minimum atomic E-state index is 0.554. The summed E-state index contributed by atoms with van der Waals surface area (Å²) in [7, 11) is 0. The molecule has 0 fully saturated rings. The number of anilines is 1. The maximum atomic E-state index is 5.97. The van der Waals surface area contributed by atoms with Gasteiger partial charge in [-0.15, -0.1) is 0 Å². The van der Waals surface area contributed by atoms with E-state index >= 15 is 0 Å². The van der Waals surface area contributed by atoms with Crippen LogP contribution in [0.4, 0.5) is 5.82 Å². The molecule has 0 saturated heterocycles. The Morgan fingerprint density at radius 1 is 1.11 bits per heavy atom. The molecule has 2 N–H and O–H groups in total. The second-order valence-electron chi connectivity index (χ2n) is 4.75. The molecule has 0 amide bonds. The average Bonchev–Trinajstić information content (AvgIpc) is 2.28. The molecule has 3 heteroatoms. The molecule has 0 radical (unpaired) electrons. The topological polar surface area (TPSA) is 38.9 Å². The molecule has 0 atom stereocenters. The number of aryl methyl sites for hydroxylation is 3. The highest BCUT2D eigenvalue weighted by molar-refractivity contribution is 6.30. The molecule has 0 spiro atoms. The van der Waals surface area contributed by atoms with Gasteiger partial charge in [-0.05, 0) is 43.5 Å². The van der Waals surface area contributed by atoms with Crippen LogP contribution in [0.5, 0.6) is 0 Å². The Morgan fingerprint density at radius 2 is 1.72 bits per heavy atom. The van der Waals surface area contributed by atoms with Crippen molar-refractivity contribution in [2.75, 3.05) is 5.73 Å². The van der Waals surface area contributed by atoms with Crippen molar-refractivity contribution in [1.82, 2.24) is 4.98 Å². The molecule has 0 aliphatic heterocycles. The van der Waals surface area contributed by atoms with Crippen molar-refractivity contribution >= 4 is 17.4 Å². The van der Waals surface area contributed by atoms with Gasteiger partial charge in [-0.2, -0.15) is 0 Å². The zero-order valence-corrected chi connectivity index (χ0v) is 11.7. The molecule has 0 saturated carbocycles. The maximum Gasteiger partial charge on any atom is 0.126 e. The summed E-state index contributed by atoms with van der Waals surface area (Å²) < 4.78 is 0. The van der Waals surface area contributed by atoms with Gasteiger partial charge in [0.15, 0.2) is 0 Å². The van der Waals surface area contributed by atoms with Crippen molar-refractivity contribution in [3.05, 3.63) is 57.2 Å². The third-order valence-electron chi connectivity index (χ3n) is 3.18. The van der Waals surface area contributed by atoms with E-state index in [1.54, 1.807) is 6.20 Å². The normalized spacial score (nSPS) is 10.7. The number of rotatable bonds is 2. The minimum absolute atomic E-state index is 0.554. The highest BCUT2D eigenvalue weighted by atomic mass is 35.5. The van der Waals surface area contributed by atoms with Gasteiger partial charge >= 0.3 is 0 Å². The van der Waals surface area contributed by atoms with Crippen LogP contribution in [0, 0.1) is 20.8 Å². The fourth-order valence-corrected chi connectivity index (χ4v) is 2.49. The lowest BCUT2D eigenvalue weighted by molar-refractivity contribution is 1.10. The molecule has 0 aliphatic rings. The first-order chi connectivity index (χ1) is 8.47. The van der Waals surface area contributed by atoms with Gasteiger partial charge in [0, 0.05) is 18.2 Å². The van der Waals surface area contributed by atoms with Crippen LogP contribution in [-0.4, -0.2) is 4.98 Å². The van der Waals surface area contributed by atoms with Gasteiger partial charge in [-0.1, -0.05) is 29.3 Å². The molecule has 0 unspecified atom stereocenters. The Balaban J connectivity index is 2.43. The van der Waals surface area contributed by atoms with Gasteiger partial charge < -0.3 is 5.73 Å². The van der Waals surface area contributed by atoms with E-state index < -0.39 is 0 Å². The predicted octanol–water partition coefficient (Wildman–Crippen LogP) is 3.83. The summed E-state index contributed by atoms with van der Waals surface area (Å²) in [6.07, 6.45) is 2.35. The Morgan fingerprint density at radius 3 is 2.33 bits per heavy atom. The fraction of sp³-hybridized carbons (Fsp3) is 0.267. The van der Waals surface area contributed by atoms with Gasteiger partial charge in [0.05, 0.1) is 5.02 Å². The van der Waals surface area contributed by atoms with Crippen LogP contribution in [0.25, 0.3) is 0 Å². The molecule has 18 heavy (non-hydrogen) atoms. The molecule has 2 nitrogen and oxygen atoms in total. The summed E-state index contributed by atoms with van der Waals surface area (Å²) in [6.45, 7) is 6.37. The van der Waals surface area contributed by atoms with Crippen molar-refractivity contribution in [3.8, 4) is 0 Å². The lowest BCUT2D eigenvalue weighted by atomic mass is 9.94.